The number of para-hydroxylation sites is 1. The monoisotopic (exact) mass is 332 g/mol. The van der Waals surface area contributed by atoms with Gasteiger partial charge in [0.05, 0.1) is 31.7 Å². The molecule has 1 aromatic rings. The summed E-state index contributed by atoms with van der Waals surface area (Å²) >= 11 is 0. The fourth-order valence-corrected chi connectivity index (χ4v) is 3.02. The highest BCUT2D eigenvalue weighted by atomic mass is 16.6. The predicted octanol–water partition coefficient (Wildman–Crippen LogP) is 2.77. The molecular weight excluding hydrogens is 312 g/mol. The van der Waals surface area contributed by atoms with Crippen molar-refractivity contribution in [3.8, 4) is 0 Å². The van der Waals surface area contributed by atoms with Gasteiger partial charge in [0.15, 0.2) is 0 Å². The zero-order valence-electron chi connectivity index (χ0n) is 13.7. The van der Waals surface area contributed by atoms with E-state index in [0.29, 0.717) is 5.69 Å². The molecule has 2 amide bonds. The lowest BCUT2D eigenvalue weighted by Gasteiger charge is -2.46. The Morgan fingerprint density at radius 3 is 2.46 bits per heavy atom. The fraction of sp³-hybridized carbons (Fsp3) is 0.438. The van der Waals surface area contributed by atoms with Gasteiger partial charge in [-0.05, 0) is 31.4 Å². The molecule has 1 fully saturated rings. The van der Waals surface area contributed by atoms with Crippen LogP contribution in [0.15, 0.2) is 35.4 Å². The molecule has 0 aromatic heterocycles. The third kappa shape index (κ3) is 2.75. The van der Waals surface area contributed by atoms with E-state index in [-0.39, 0.29) is 6.04 Å². The molecule has 0 radical (unpaired) electrons. The molecule has 1 heterocycles. The van der Waals surface area contributed by atoms with E-state index in [0.717, 1.165) is 36.5 Å². The average Bonchev–Trinajstić information content (AvgIpc) is 2.65. The Hall–Kier alpha value is -2.77. The van der Waals surface area contributed by atoms with E-state index in [1.165, 1.54) is 24.3 Å². The van der Waals surface area contributed by atoms with E-state index >= 15 is 0 Å². The van der Waals surface area contributed by atoms with Crippen LogP contribution in [-0.4, -0.2) is 48.3 Å². The molecule has 0 saturated heterocycles. The highest BCUT2D eigenvalue weighted by Gasteiger charge is 2.45. The van der Waals surface area contributed by atoms with E-state index in [9.17, 15) is 9.59 Å². The van der Waals surface area contributed by atoms with Crippen molar-refractivity contribution in [3.63, 3.8) is 0 Å². The summed E-state index contributed by atoms with van der Waals surface area (Å²) in [6.07, 6.45) is 2.13. The van der Waals surface area contributed by atoms with Crippen LogP contribution in [0.1, 0.15) is 25.7 Å². The molecule has 3 rings (SSSR count). The predicted molar refractivity (Wildman–Crippen MR) is 87.1 cm³/mol. The number of nitrogens with zero attached hydrogens (tertiary/aromatic N) is 4. The third-order valence-corrected chi connectivity index (χ3v) is 4.13. The first kappa shape index (κ1) is 16.1. The summed E-state index contributed by atoms with van der Waals surface area (Å²) in [7, 11) is 2.56. The molecule has 0 spiro atoms. The summed E-state index contributed by atoms with van der Waals surface area (Å²) < 4.78 is 9.78. The van der Waals surface area contributed by atoms with Gasteiger partial charge < -0.3 is 9.47 Å². The number of benzene rings is 1. The summed E-state index contributed by atoms with van der Waals surface area (Å²) in [6, 6.07) is 8.84. The van der Waals surface area contributed by atoms with Gasteiger partial charge in [0, 0.05) is 0 Å². The van der Waals surface area contributed by atoms with Crippen LogP contribution >= 0.6 is 0 Å². The maximum absolute atomic E-state index is 12.4. The number of hydrazine groups is 2. The lowest BCUT2D eigenvalue weighted by Crippen LogP contribution is -2.66. The molecule has 2 aliphatic rings. The van der Waals surface area contributed by atoms with E-state index in [2.05, 4.69) is 5.10 Å². The van der Waals surface area contributed by atoms with Crippen molar-refractivity contribution in [3.05, 3.63) is 30.3 Å². The number of rotatable bonds is 1. The van der Waals surface area contributed by atoms with Gasteiger partial charge in [0.25, 0.3) is 0 Å². The van der Waals surface area contributed by atoms with Crippen LogP contribution in [0.2, 0.25) is 0 Å². The average molecular weight is 332 g/mol. The topological polar surface area (TPSA) is 74.7 Å². The number of methoxy groups -OCH3 is 2. The Kier molecular flexibility index (Phi) is 4.54. The van der Waals surface area contributed by atoms with Gasteiger partial charge in [-0.3, -0.25) is 0 Å². The van der Waals surface area contributed by atoms with Crippen molar-refractivity contribution >= 4 is 23.6 Å². The number of ether oxygens (including phenoxy) is 2. The molecule has 8 nitrogen and oxygen atoms in total. The minimum absolute atomic E-state index is 0.301. The Labute approximate surface area is 140 Å². The highest BCUT2D eigenvalue weighted by Crippen LogP contribution is 2.31. The summed E-state index contributed by atoms with van der Waals surface area (Å²) in [5.74, 6) is 0. The van der Waals surface area contributed by atoms with Crippen LogP contribution in [0.25, 0.3) is 0 Å². The Bertz CT molecular complexity index is 649. The SMILES string of the molecule is COC(=O)N1[C@@H]2CCCCC2=NN(c2ccccc2)N1C(=O)OC. The summed E-state index contributed by atoms with van der Waals surface area (Å²) in [5, 5.41) is 8.40. The highest BCUT2D eigenvalue weighted by molar-refractivity contribution is 5.95. The maximum atomic E-state index is 12.4. The van der Waals surface area contributed by atoms with Gasteiger partial charge in [0.2, 0.25) is 0 Å². The zero-order chi connectivity index (χ0) is 17.1. The Balaban J connectivity index is 2.10. The minimum atomic E-state index is -0.711. The van der Waals surface area contributed by atoms with E-state index in [1.54, 1.807) is 12.1 Å². The second-order valence-electron chi connectivity index (χ2n) is 5.55. The van der Waals surface area contributed by atoms with Gasteiger partial charge in [-0.15, -0.1) is 5.12 Å². The molecule has 1 aromatic carbocycles. The van der Waals surface area contributed by atoms with Crippen LogP contribution in [0.3, 0.4) is 0 Å². The number of hydrogen-bond donors (Lipinski definition) is 0. The zero-order valence-corrected chi connectivity index (χ0v) is 13.7. The molecule has 0 N–H and O–H groups in total. The van der Waals surface area contributed by atoms with Crippen LogP contribution < -0.4 is 5.12 Å². The second kappa shape index (κ2) is 6.77. The Morgan fingerprint density at radius 2 is 1.79 bits per heavy atom. The van der Waals surface area contributed by atoms with Crippen molar-refractivity contribution in [1.82, 2.24) is 10.1 Å². The number of amides is 2. The molecule has 0 bridgehead atoms. The van der Waals surface area contributed by atoms with Crippen molar-refractivity contribution < 1.29 is 19.1 Å². The van der Waals surface area contributed by atoms with Crippen molar-refractivity contribution in [2.75, 3.05) is 19.3 Å². The van der Waals surface area contributed by atoms with Gasteiger partial charge in [-0.1, -0.05) is 29.7 Å². The first-order valence-corrected chi connectivity index (χ1v) is 7.85. The number of hydrogen-bond acceptors (Lipinski definition) is 6. The largest absolute Gasteiger partial charge is 0.451 e. The molecule has 1 saturated carbocycles. The van der Waals surface area contributed by atoms with Crippen LogP contribution in [0, 0.1) is 0 Å². The second-order valence-corrected chi connectivity index (χ2v) is 5.55. The van der Waals surface area contributed by atoms with Crippen LogP contribution in [0.4, 0.5) is 15.3 Å². The van der Waals surface area contributed by atoms with Gasteiger partial charge in [-0.25, -0.2) is 9.59 Å². The first-order chi connectivity index (χ1) is 11.7. The molecule has 128 valence electrons. The quantitative estimate of drug-likeness (QED) is 0.790. The molecule has 1 atom stereocenters. The van der Waals surface area contributed by atoms with E-state index < -0.39 is 12.2 Å². The van der Waals surface area contributed by atoms with Crippen LogP contribution in [0.5, 0.6) is 0 Å². The van der Waals surface area contributed by atoms with Gasteiger partial charge in [0.1, 0.15) is 0 Å². The lowest BCUT2D eigenvalue weighted by atomic mass is 9.92. The molecule has 24 heavy (non-hydrogen) atoms. The standard InChI is InChI=1S/C16H20N4O4/c1-23-15(21)18-14-11-7-6-10-13(14)17-19(20(18)16(22)24-2)12-8-4-3-5-9-12/h3-5,8-9,14H,6-7,10-11H2,1-2H3/t14-/m1/s1. The van der Waals surface area contributed by atoms with Crippen LogP contribution in [-0.2, 0) is 9.47 Å². The summed E-state index contributed by atoms with van der Waals surface area (Å²) in [5.41, 5.74) is 1.50. The maximum Gasteiger partial charge on any atom is 0.450 e. The number of anilines is 1. The number of carbonyl (C=O) groups is 2. The van der Waals surface area contributed by atoms with Crippen molar-refractivity contribution in [2.24, 2.45) is 5.10 Å². The first-order valence-electron chi connectivity index (χ1n) is 7.85. The van der Waals surface area contributed by atoms with E-state index in [4.69, 9.17) is 9.47 Å². The normalized spacial score (nSPS) is 20.2. The van der Waals surface area contributed by atoms with Crippen molar-refractivity contribution in [1.29, 1.82) is 0 Å². The Morgan fingerprint density at radius 1 is 1.08 bits per heavy atom. The number of carbonyl (C=O) groups excluding carboxylic acids is 2. The number of fused-ring (bicyclic) bond motifs is 1. The van der Waals surface area contributed by atoms with Crippen molar-refractivity contribution in [2.45, 2.75) is 31.7 Å². The molecule has 1 aliphatic carbocycles. The summed E-state index contributed by atoms with van der Waals surface area (Å²) in [4.78, 5) is 24.8. The minimum Gasteiger partial charge on any atom is -0.451 e. The molecule has 0 unspecified atom stereocenters. The third-order valence-electron chi connectivity index (χ3n) is 4.13. The molecular formula is C16H20N4O4. The fourth-order valence-electron chi connectivity index (χ4n) is 3.02. The smallest absolute Gasteiger partial charge is 0.450 e. The van der Waals surface area contributed by atoms with E-state index in [1.807, 2.05) is 18.2 Å². The summed E-state index contributed by atoms with van der Waals surface area (Å²) in [6.45, 7) is 0. The molecule has 8 heteroatoms. The number of hydrazone groups is 1. The molecule has 1 aliphatic heterocycles. The van der Waals surface area contributed by atoms with Gasteiger partial charge >= 0.3 is 12.2 Å². The van der Waals surface area contributed by atoms with Gasteiger partial charge in [-0.2, -0.15) is 10.1 Å². The lowest BCUT2D eigenvalue weighted by molar-refractivity contribution is -0.0398.